The summed E-state index contributed by atoms with van der Waals surface area (Å²) < 4.78 is 6.64. The Morgan fingerprint density at radius 1 is 1.40 bits per heavy atom. The molecule has 8 heteroatoms. The van der Waals surface area contributed by atoms with Gasteiger partial charge in [-0.2, -0.15) is 14.6 Å². The molecule has 1 aliphatic rings. The highest BCUT2D eigenvalue weighted by Crippen LogP contribution is 2.35. The van der Waals surface area contributed by atoms with Gasteiger partial charge >= 0.3 is 0 Å². The van der Waals surface area contributed by atoms with E-state index in [1.807, 2.05) is 31.2 Å². The van der Waals surface area contributed by atoms with Gasteiger partial charge in [0.25, 0.3) is 11.7 Å². The van der Waals surface area contributed by atoms with Crippen molar-refractivity contribution in [2.24, 2.45) is 0 Å². The minimum absolute atomic E-state index is 0.0307. The summed E-state index contributed by atoms with van der Waals surface area (Å²) in [5.74, 6) is 1.30. The van der Waals surface area contributed by atoms with Crippen LogP contribution in [0.15, 0.2) is 30.6 Å². The Kier molecular flexibility index (Phi) is 3.81. The van der Waals surface area contributed by atoms with E-state index in [2.05, 4.69) is 20.4 Å². The third kappa shape index (κ3) is 2.70. The maximum absolute atomic E-state index is 12.2. The van der Waals surface area contributed by atoms with Crippen LogP contribution in [-0.4, -0.2) is 45.8 Å². The smallest absolute Gasteiger partial charge is 0.254 e. The average Bonchev–Trinajstić information content (AvgIpc) is 3.22. The summed E-state index contributed by atoms with van der Waals surface area (Å²) in [4.78, 5) is 22.5. The van der Waals surface area contributed by atoms with Crippen LogP contribution in [0.3, 0.4) is 0 Å². The number of hydrogen-bond acceptors (Lipinski definition) is 6. The van der Waals surface area contributed by atoms with Crippen LogP contribution < -0.4 is 10.2 Å². The lowest BCUT2D eigenvalue weighted by Crippen LogP contribution is -2.31. The number of aryl methyl sites for hydroxylation is 1. The van der Waals surface area contributed by atoms with E-state index < -0.39 is 0 Å². The van der Waals surface area contributed by atoms with Gasteiger partial charge in [0.05, 0.1) is 0 Å². The number of aromatic nitrogens is 4. The number of carbonyl (C=O) groups is 1. The summed E-state index contributed by atoms with van der Waals surface area (Å²) >= 11 is 0. The van der Waals surface area contributed by atoms with E-state index in [0.717, 1.165) is 34.9 Å². The molecule has 0 bridgehead atoms. The molecule has 0 unspecified atom stereocenters. The first kappa shape index (κ1) is 15.5. The topological polar surface area (TPSA) is 84.6 Å². The molecule has 1 amide bonds. The number of fused-ring (bicyclic) bond motifs is 2. The molecule has 25 heavy (non-hydrogen) atoms. The molecule has 0 radical (unpaired) electrons. The third-order valence-corrected chi connectivity index (χ3v) is 4.24. The summed E-state index contributed by atoms with van der Waals surface area (Å²) in [5, 5.41) is 7.63. The predicted molar refractivity (Wildman–Crippen MR) is 93.2 cm³/mol. The second kappa shape index (κ2) is 6.14. The van der Waals surface area contributed by atoms with Crippen molar-refractivity contribution >= 4 is 28.9 Å². The molecule has 0 fully saturated rings. The number of benzene rings is 1. The summed E-state index contributed by atoms with van der Waals surface area (Å²) in [7, 11) is 1.53. The molecule has 1 aliphatic heterocycles. The van der Waals surface area contributed by atoms with Crippen LogP contribution in [0.25, 0.3) is 5.78 Å². The number of nitrogens with one attached hydrogen (secondary N) is 1. The quantitative estimate of drug-likeness (QED) is 0.780. The molecule has 128 valence electrons. The molecular weight excluding hydrogens is 320 g/mol. The van der Waals surface area contributed by atoms with Gasteiger partial charge in [0.15, 0.2) is 0 Å². The van der Waals surface area contributed by atoms with E-state index in [1.54, 1.807) is 9.42 Å². The second-order valence-corrected chi connectivity index (χ2v) is 5.91. The number of amides is 1. The fourth-order valence-electron chi connectivity index (χ4n) is 3.17. The zero-order valence-corrected chi connectivity index (χ0v) is 14.1. The minimum atomic E-state index is -0.0307. The fraction of sp³-hybridized carbons (Fsp3) is 0.294. The summed E-state index contributed by atoms with van der Waals surface area (Å²) in [6, 6.07) is 7.82. The van der Waals surface area contributed by atoms with Crippen molar-refractivity contribution in [1.82, 2.24) is 19.6 Å². The van der Waals surface area contributed by atoms with Crippen molar-refractivity contribution in [2.75, 3.05) is 30.5 Å². The molecule has 3 aromatic rings. The highest BCUT2D eigenvalue weighted by Gasteiger charge is 2.26. The summed E-state index contributed by atoms with van der Waals surface area (Å²) in [6.07, 6.45) is 2.27. The van der Waals surface area contributed by atoms with Gasteiger partial charge in [0.2, 0.25) is 0 Å². The van der Waals surface area contributed by atoms with Crippen molar-refractivity contribution in [3.63, 3.8) is 0 Å². The van der Waals surface area contributed by atoms with E-state index in [-0.39, 0.29) is 12.5 Å². The van der Waals surface area contributed by atoms with E-state index in [0.29, 0.717) is 12.3 Å². The van der Waals surface area contributed by atoms with E-state index in [1.165, 1.54) is 13.4 Å². The van der Waals surface area contributed by atoms with Crippen LogP contribution in [-0.2, 0) is 16.0 Å². The Morgan fingerprint density at radius 3 is 3.12 bits per heavy atom. The SMILES string of the molecule is COCC(=O)N1CCc2c(Nc3cc(C)nc4ncnn34)cccc21. The highest BCUT2D eigenvalue weighted by molar-refractivity contribution is 5.97. The molecular formula is C17H18N6O2. The lowest BCUT2D eigenvalue weighted by atomic mass is 10.1. The molecule has 2 aromatic heterocycles. The summed E-state index contributed by atoms with van der Waals surface area (Å²) in [6.45, 7) is 2.66. The molecule has 8 nitrogen and oxygen atoms in total. The number of carbonyl (C=O) groups excluding carboxylic acids is 1. The predicted octanol–water partition coefficient (Wildman–Crippen LogP) is 1.71. The van der Waals surface area contributed by atoms with Crippen LogP contribution in [0, 0.1) is 6.92 Å². The molecule has 0 aliphatic carbocycles. The van der Waals surface area contributed by atoms with Gasteiger partial charge in [-0.1, -0.05) is 6.07 Å². The maximum Gasteiger partial charge on any atom is 0.254 e. The Labute approximate surface area is 144 Å². The summed E-state index contributed by atoms with van der Waals surface area (Å²) in [5.41, 5.74) is 3.84. The van der Waals surface area contributed by atoms with Gasteiger partial charge in [-0.15, -0.1) is 0 Å². The van der Waals surface area contributed by atoms with Crippen LogP contribution in [0.4, 0.5) is 17.2 Å². The van der Waals surface area contributed by atoms with E-state index >= 15 is 0 Å². The van der Waals surface area contributed by atoms with Gasteiger partial charge < -0.3 is 15.0 Å². The molecule has 3 heterocycles. The number of anilines is 3. The van der Waals surface area contributed by atoms with Crippen LogP contribution >= 0.6 is 0 Å². The van der Waals surface area contributed by atoms with Crippen LogP contribution in [0.1, 0.15) is 11.3 Å². The zero-order valence-electron chi connectivity index (χ0n) is 14.1. The van der Waals surface area contributed by atoms with Gasteiger partial charge in [-0.3, -0.25) is 4.79 Å². The monoisotopic (exact) mass is 338 g/mol. The molecule has 0 atom stereocenters. The van der Waals surface area contributed by atoms with Gasteiger partial charge in [-0.25, -0.2) is 4.98 Å². The number of hydrogen-bond donors (Lipinski definition) is 1. The average molecular weight is 338 g/mol. The second-order valence-electron chi connectivity index (χ2n) is 5.91. The first-order valence-corrected chi connectivity index (χ1v) is 8.03. The number of nitrogens with zero attached hydrogens (tertiary/aromatic N) is 5. The Bertz CT molecular complexity index is 951. The highest BCUT2D eigenvalue weighted by atomic mass is 16.5. The molecule has 0 saturated carbocycles. The third-order valence-electron chi connectivity index (χ3n) is 4.24. The van der Waals surface area contributed by atoms with Crippen LogP contribution in [0.2, 0.25) is 0 Å². The minimum Gasteiger partial charge on any atom is -0.375 e. The normalized spacial score (nSPS) is 13.3. The lowest BCUT2D eigenvalue weighted by Gasteiger charge is -2.18. The first-order chi connectivity index (χ1) is 12.2. The Balaban J connectivity index is 1.71. The first-order valence-electron chi connectivity index (χ1n) is 8.03. The Hall–Kier alpha value is -3.00. The molecule has 0 saturated heterocycles. The molecule has 0 spiro atoms. The van der Waals surface area contributed by atoms with Gasteiger partial charge in [0, 0.05) is 42.4 Å². The van der Waals surface area contributed by atoms with Crippen LogP contribution in [0.5, 0.6) is 0 Å². The van der Waals surface area contributed by atoms with Crippen molar-refractivity contribution in [3.8, 4) is 0 Å². The van der Waals surface area contributed by atoms with Crippen molar-refractivity contribution < 1.29 is 9.53 Å². The van der Waals surface area contributed by atoms with Crippen molar-refractivity contribution in [2.45, 2.75) is 13.3 Å². The fourth-order valence-corrected chi connectivity index (χ4v) is 3.17. The molecule has 1 N–H and O–H groups in total. The maximum atomic E-state index is 12.2. The number of ether oxygens (including phenoxy) is 1. The van der Waals surface area contributed by atoms with E-state index in [4.69, 9.17) is 4.74 Å². The standard InChI is InChI=1S/C17H18N6O2/c1-11-8-15(23-17(20-11)18-10-19-23)21-13-4-3-5-14-12(13)6-7-22(14)16(24)9-25-2/h3-5,8,10,21H,6-7,9H2,1-2H3. The number of rotatable bonds is 4. The van der Waals surface area contributed by atoms with Crippen molar-refractivity contribution in [3.05, 3.63) is 41.9 Å². The molecule has 4 rings (SSSR count). The zero-order chi connectivity index (χ0) is 17.4. The van der Waals surface area contributed by atoms with E-state index in [9.17, 15) is 4.79 Å². The lowest BCUT2D eigenvalue weighted by molar-refractivity contribution is -0.122. The van der Waals surface area contributed by atoms with Gasteiger partial charge in [-0.05, 0) is 25.5 Å². The van der Waals surface area contributed by atoms with Crippen molar-refractivity contribution in [1.29, 1.82) is 0 Å². The van der Waals surface area contributed by atoms with Gasteiger partial charge in [0.1, 0.15) is 18.8 Å². The molecule has 1 aromatic carbocycles. The Morgan fingerprint density at radius 2 is 2.28 bits per heavy atom. The largest absolute Gasteiger partial charge is 0.375 e. The number of methoxy groups -OCH3 is 1.